The van der Waals surface area contributed by atoms with Gasteiger partial charge in [-0.1, -0.05) is 59.7 Å². The summed E-state index contributed by atoms with van der Waals surface area (Å²) in [6.07, 6.45) is -13.0. The Hall–Kier alpha value is -8.16. The van der Waals surface area contributed by atoms with Crippen molar-refractivity contribution in [1.29, 1.82) is 31.6 Å². The predicted octanol–water partition coefficient (Wildman–Crippen LogP) is 16.9. The lowest BCUT2D eigenvalue weighted by atomic mass is 9.84. The van der Waals surface area contributed by atoms with Gasteiger partial charge in [-0.25, -0.2) is 26.3 Å². The van der Waals surface area contributed by atoms with E-state index in [2.05, 4.69) is 13.0 Å². The number of hydrogen-bond acceptors (Lipinski definition) is 6. The average molecular weight is 1150 g/mol. The number of benzene rings is 6. The molecule has 0 aromatic heterocycles. The molecule has 6 unspecified atom stereocenters. The molecule has 0 radical (unpaired) electrons. The van der Waals surface area contributed by atoms with Gasteiger partial charge in [0.25, 0.3) is 0 Å². The van der Waals surface area contributed by atoms with Crippen molar-refractivity contribution in [3.63, 3.8) is 0 Å². The van der Waals surface area contributed by atoms with Gasteiger partial charge < -0.3 is 0 Å². The van der Waals surface area contributed by atoms with Crippen LogP contribution in [0, 0.1) is 138 Å². The standard InChI is InChI=1S/C12H11F2N.4C12H12FN.C12H13N/c1-7-2-3-9-8(4-7)5-11(13)10(6-15)12(9)14;2*1-8-2-5-11-9(6-8)3-4-10(7-14)12(11)13;2*1-8-2-3-9-5-11(7-14)12(13)6-10(9)4-8;1-9-2-4-12-7-10(8-13)3-5-11(12)6-9/h5,7H,2-4H2,1H3;2*3-4,8H,2,5-6H2,1H3;2*5-6,8H,2-4H2,1H3;3,5,7,9H,2,4,6H2,1H3/i2D2,4D2;2D2,6D2;5D2;2D2,4D2;3D2;4D2. The summed E-state index contributed by atoms with van der Waals surface area (Å²) in [5.41, 5.74) is 3.21. The molecule has 0 spiro atoms. The van der Waals surface area contributed by atoms with Crippen molar-refractivity contribution in [1.82, 2.24) is 0 Å². The van der Waals surface area contributed by atoms with Crippen LogP contribution in [0.4, 0.5) is 26.3 Å². The van der Waals surface area contributed by atoms with Crippen LogP contribution >= 0.6 is 0 Å². The first-order valence-electron chi connectivity index (χ1n) is 36.3. The van der Waals surface area contributed by atoms with Crippen molar-refractivity contribution >= 4 is 0 Å². The zero-order valence-electron chi connectivity index (χ0n) is 65.2. The molecule has 0 amide bonds. The number of hydrogen-bond donors (Lipinski definition) is 0. The van der Waals surface area contributed by atoms with E-state index in [1.54, 1.807) is 42.5 Å². The summed E-state index contributed by atoms with van der Waals surface area (Å²) in [7, 11) is 0. The minimum absolute atomic E-state index is 0.00201. The second-order valence-electron chi connectivity index (χ2n) is 21.3. The van der Waals surface area contributed by atoms with Gasteiger partial charge >= 0.3 is 0 Å². The predicted molar refractivity (Wildman–Crippen MR) is 314 cm³/mol. The molecule has 6 aliphatic carbocycles. The zero-order valence-corrected chi connectivity index (χ0v) is 47.2. The molecule has 0 saturated carbocycles. The number of halogens is 6. The second-order valence-corrected chi connectivity index (χ2v) is 21.3. The van der Waals surface area contributed by atoms with E-state index in [0.29, 0.717) is 71.4 Å². The Labute approximate surface area is 517 Å². The smallest absolute Gasteiger partial charge is 0.147 e. The van der Waals surface area contributed by atoms with Crippen molar-refractivity contribution in [3.05, 3.63) is 208 Å². The fraction of sp³-hybridized carbons (Fsp3) is 0.417. The van der Waals surface area contributed by atoms with Gasteiger partial charge in [-0.2, -0.15) is 31.6 Å². The third kappa shape index (κ3) is 15.9. The van der Waals surface area contributed by atoms with Crippen molar-refractivity contribution < 1.29 is 51.0 Å². The Morgan fingerprint density at radius 2 is 0.798 bits per heavy atom. The first-order chi connectivity index (χ1) is 47.0. The van der Waals surface area contributed by atoms with Crippen molar-refractivity contribution in [2.45, 2.75) is 157 Å². The van der Waals surface area contributed by atoms with Crippen molar-refractivity contribution in [2.75, 3.05) is 0 Å². The topological polar surface area (TPSA) is 143 Å². The lowest BCUT2D eigenvalue weighted by Gasteiger charge is -2.22. The van der Waals surface area contributed by atoms with Crippen LogP contribution in [0.2, 0.25) is 0 Å². The molecule has 0 aliphatic heterocycles. The van der Waals surface area contributed by atoms with Gasteiger partial charge in [-0.3, -0.25) is 0 Å². The molecule has 0 fully saturated rings. The van der Waals surface area contributed by atoms with Crippen LogP contribution in [0.1, 0.15) is 205 Å². The zero-order chi connectivity index (χ0) is 76.9. The largest absolute Gasteiger partial charge is 0.206 e. The van der Waals surface area contributed by atoms with E-state index in [4.69, 9.17) is 56.2 Å². The van der Waals surface area contributed by atoms with Gasteiger partial charge in [0.15, 0.2) is 0 Å². The molecule has 0 heterocycles. The minimum atomic E-state index is -2.19. The highest BCUT2D eigenvalue weighted by atomic mass is 19.1. The maximum absolute atomic E-state index is 14.0. The van der Waals surface area contributed by atoms with Crippen LogP contribution in [0.5, 0.6) is 0 Å². The summed E-state index contributed by atoms with van der Waals surface area (Å²) in [6.45, 7) is 10.3. The molecule has 0 bridgehead atoms. The van der Waals surface area contributed by atoms with E-state index < -0.39 is 116 Å². The SMILES string of the molecule is [2H]C1([2H])CC(C)Cc2cc(F)c(C#N)cc21.[2H]C1([2H])CC(C)Cc2ccc(C#N)c(F)c21.[2H]C1([2H])CC(C)Cc2ccc(C#N)cc21.[2H]C1([2H])Cc2c(cc(F)c(C#N)c2F)C([2H])([2H])C1C.[2H]C1([2H])Cc2c(ccc(C#N)c2F)C([2H])([2H])C1C.[2H]C1([2H])Cc2cc(C#N)c(F)cc2C([2H])([2H])C1C. The van der Waals surface area contributed by atoms with Gasteiger partial charge in [0, 0.05) is 24.7 Å². The molecule has 12 rings (SSSR count). The first kappa shape index (κ1) is 42.6. The summed E-state index contributed by atoms with van der Waals surface area (Å²) < 4.78 is 225. The Morgan fingerprint density at radius 3 is 1.37 bits per heavy atom. The highest BCUT2D eigenvalue weighted by molar-refractivity contribution is 5.46. The molecule has 6 aromatic carbocycles. The van der Waals surface area contributed by atoms with Crippen LogP contribution in [-0.2, 0) is 76.8 Å². The molecule has 6 atom stereocenters. The summed E-state index contributed by atoms with van der Waals surface area (Å²) in [5.74, 6) is -7.05. The minimum Gasteiger partial charge on any atom is -0.206 e. The van der Waals surface area contributed by atoms with E-state index in [-0.39, 0.29) is 86.7 Å². The average Bonchev–Trinajstić information content (AvgIpc) is 0.745. The summed E-state index contributed by atoms with van der Waals surface area (Å²) in [5, 5.41) is 52.5. The van der Waals surface area contributed by atoms with E-state index in [0.717, 1.165) is 24.1 Å². The molecule has 432 valence electrons. The highest BCUT2D eigenvalue weighted by Gasteiger charge is 2.25. The molecular weight excluding hydrogens is 1060 g/mol. The number of rotatable bonds is 0. The first-order valence-corrected chi connectivity index (χ1v) is 27.3. The molecule has 0 saturated heterocycles. The summed E-state index contributed by atoms with van der Waals surface area (Å²) in [4.78, 5) is 0. The molecule has 6 nitrogen and oxygen atoms in total. The summed E-state index contributed by atoms with van der Waals surface area (Å²) in [6, 6.07) is 27.2. The molecular formula is C72H72F6N6. The van der Waals surface area contributed by atoms with Gasteiger partial charge in [-0.15, -0.1) is 0 Å². The van der Waals surface area contributed by atoms with Crippen molar-refractivity contribution in [2.24, 2.45) is 35.5 Å². The van der Waals surface area contributed by atoms with Crippen LogP contribution in [0.3, 0.4) is 0 Å². The van der Waals surface area contributed by atoms with Gasteiger partial charge in [-0.05, 0) is 272 Å². The number of nitriles is 6. The van der Waals surface area contributed by atoms with Gasteiger partial charge in [0.05, 0.1) is 33.9 Å². The number of aryl methyl sites for hydroxylation is 3. The normalized spacial score (nSPS) is 28.5. The lowest BCUT2D eigenvalue weighted by Crippen LogP contribution is -2.14. The molecule has 0 N–H and O–H groups in total. The third-order valence-electron chi connectivity index (χ3n) is 14.5. The Kier molecular flexibility index (Phi) is 14.9. The molecule has 6 aliphatic rings. The van der Waals surface area contributed by atoms with Gasteiger partial charge in [0.2, 0.25) is 0 Å². The maximum Gasteiger partial charge on any atom is 0.147 e. The third-order valence-corrected chi connectivity index (χ3v) is 14.5. The van der Waals surface area contributed by atoms with Crippen LogP contribution in [-0.4, -0.2) is 0 Å². The monoisotopic (exact) mass is 1150 g/mol. The van der Waals surface area contributed by atoms with Crippen LogP contribution < -0.4 is 0 Å². The number of fused-ring (bicyclic) bond motifs is 6. The number of nitrogens with zero attached hydrogens (tertiary/aromatic N) is 6. The second kappa shape index (κ2) is 29.4. The highest BCUT2D eigenvalue weighted by Crippen LogP contribution is 2.34. The Balaban J connectivity index is 0.000000172. The maximum atomic E-state index is 14.0. The van der Waals surface area contributed by atoms with Crippen LogP contribution in [0.25, 0.3) is 0 Å². The summed E-state index contributed by atoms with van der Waals surface area (Å²) >= 11 is 0. The quantitative estimate of drug-likeness (QED) is 0.139. The Morgan fingerprint density at radius 1 is 0.357 bits per heavy atom. The Bertz CT molecular complexity index is 4500. The molecule has 84 heavy (non-hydrogen) atoms. The fourth-order valence-corrected chi connectivity index (χ4v) is 9.96. The van der Waals surface area contributed by atoms with Gasteiger partial charge in [0.1, 0.15) is 70.8 Å². The van der Waals surface area contributed by atoms with Crippen molar-refractivity contribution in [3.8, 4) is 36.4 Å². The molecule has 12 heteroatoms. The fourth-order valence-electron chi connectivity index (χ4n) is 9.96. The van der Waals surface area contributed by atoms with Crippen LogP contribution in [0.15, 0.2) is 72.8 Å². The van der Waals surface area contributed by atoms with E-state index in [1.165, 1.54) is 63.2 Å². The van der Waals surface area contributed by atoms with E-state index >= 15 is 0 Å². The van der Waals surface area contributed by atoms with E-state index in [1.807, 2.05) is 19.9 Å². The molecule has 6 aromatic rings. The lowest BCUT2D eigenvalue weighted by molar-refractivity contribution is 0.473. The van der Waals surface area contributed by atoms with E-state index in [9.17, 15) is 26.3 Å².